The highest BCUT2D eigenvalue weighted by atomic mass is 16.5. The molecule has 2 bridgehead atoms. The molecule has 1 atom stereocenters. The summed E-state index contributed by atoms with van der Waals surface area (Å²) in [6.45, 7) is 1.92. The molecule has 7 heavy (non-hydrogen) atoms. The van der Waals surface area contributed by atoms with Crippen LogP contribution in [0.15, 0.2) is 0 Å². The first-order chi connectivity index (χ1) is 3.45. The maximum atomic E-state index is 5.21. The van der Waals surface area contributed by atoms with Crippen LogP contribution in [0.25, 0.3) is 0 Å². The summed E-state index contributed by atoms with van der Waals surface area (Å²) < 4.78 is 5.21. The lowest BCUT2D eigenvalue weighted by Crippen LogP contribution is -2.28. The molecule has 0 saturated carbocycles. The molecule has 2 aliphatic rings. The van der Waals surface area contributed by atoms with Crippen LogP contribution in [0.1, 0.15) is 6.42 Å². The lowest BCUT2D eigenvalue weighted by Gasteiger charge is -2.09. The van der Waals surface area contributed by atoms with Gasteiger partial charge < -0.3 is 10.1 Å². The van der Waals surface area contributed by atoms with Crippen molar-refractivity contribution in [2.45, 2.75) is 12.5 Å². The molecule has 2 nitrogen and oxygen atoms in total. The molecule has 2 saturated heterocycles. The Hall–Kier alpha value is -0.0800. The van der Waals surface area contributed by atoms with E-state index in [4.69, 9.17) is 4.74 Å². The number of hydrogen-bond donors (Lipinski definition) is 1. The minimum atomic E-state index is 0.662. The van der Waals surface area contributed by atoms with E-state index in [1.807, 2.05) is 0 Å². The number of nitrogens with one attached hydrogen (secondary N) is 1. The van der Waals surface area contributed by atoms with Gasteiger partial charge in [0.2, 0.25) is 0 Å². The quantitative estimate of drug-likeness (QED) is 0.457. The van der Waals surface area contributed by atoms with Crippen molar-refractivity contribution >= 4 is 0 Å². The molecule has 1 radical (unpaired) electrons. The molecule has 0 aliphatic carbocycles. The van der Waals surface area contributed by atoms with Gasteiger partial charge >= 0.3 is 0 Å². The van der Waals surface area contributed by atoms with Gasteiger partial charge in [-0.25, -0.2) is 0 Å². The zero-order valence-electron chi connectivity index (χ0n) is 4.11. The number of rotatable bonds is 0. The van der Waals surface area contributed by atoms with E-state index in [1.165, 1.54) is 12.5 Å². The van der Waals surface area contributed by atoms with E-state index in [-0.39, 0.29) is 0 Å². The first kappa shape index (κ1) is 3.87. The minimum Gasteiger partial charge on any atom is -0.369 e. The topological polar surface area (TPSA) is 21.3 Å². The highest BCUT2D eigenvalue weighted by Crippen LogP contribution is 2.24. The van der Waals surface area contributed by atoms with Crippen LogP contribution < -0.4 is 5.32 Å². The van der Waals surface area contributed by atoms with E-state index in [0.717, 1.165) is 13.2 Å². The van der Waals surface area contributed by atoms with Crippen LogP contribution >= 0.6 is 0 Å². The fourth-order valence-electron chi connectivity index (χ4n) is 1.12. The van der Waals surface area contributed by atoms with Gasteiger partial charge in [0.15, 0.2) is 0 Å². The average molecular weight is 98.1 g/mol. The van der Waals surface area contributed by atoms with Crippen LogP contribution in [0.3, 0.4) is 0 Å². The summed E-state index contributed by atoms with van der Waals surface area (Å²) >= 11 is 0. The monoisotopic (exact) mass is 98.1 g/mol. The number of fused-ring (bicyclic) bond motifs is 2. The number of ether oxygens (including phenoxy) is 1. The van der Waals surface area contributed by atoms with Gasteiger partial charge in [-0.05, 0) is 6.42 Å². The smallest absolute Gasteiger partial charge is 0.112 e. The lowest BCUT2D eigenvalue weighted by molar-refractivity contribution is 0.162. The largest absolute Gasteiger partial charge is 0.369 e. The summed E-state index contributed by atoms with van der Waals surface area (Å²) in [5, 5.41) is 3.29. The second-order valence-corrected chi connectivity index (χ2v) is 2.13. The predicted octanol–water partition coefficient (Wildman–Crippen LogP) is -0.0895. The summed E-state index contributed by atoms with van der Waals surface area (Å²) in [4.78, 5) is 0. The van der Waals surface area contributed by atoms with Crippen molar-refractivity contribution in [2.75, 3.05) is 13.2 Å². The molecule has 2 rings (SSSR count). The SMILES string of the molecule is C1N[C@H]2CO[C]1C2. The summed E-state index contributed by atoms with van der Waals surface area (Å²) in [6, 6.07) is 0.662. The van der Waals surface area contributed by atoms with E-state index in [0.29, 0.717) is 6.04 Å². The first-order valence-corrected chi connectivity index (χ1v) is 2.66. The van der Waals surface area contributed by atoms with E-state index in [1.54, 1.807) is 0 Å². The van der Waals surface area contributed by atoms with Crippen LogP contribution in [-0.2, 0) is 4.74 Å². The van der Waals surface area contributed by atoms with Crippen molar-refractivity contribution < 1.29 is 4.74 Å². The Morgan fingerprint density at radius 2 is 2.71 bits per heavy atom. The molecular weight excluding hydrogens is 90.1 g/mol. The van der Waals surface area contributed by atoms with Crippen LogP contribution in [0.5, 0.6) is 0 Å². The molecule has 1 N–H and O–H groups in total. The highest BCUT2D eigenvalue weighted by Gasteiger charge is 2.32. The molecule has 0 aromatic carbocycles. The fourth-order valence-corrected chi connectivity index (χ4v) is 1.12. The molecule has 2 aliphatic heterocycles. The molecular formula is C5H8NO. The zero-order valence-corrected chi connectivity index (χ0v) is 4.11. The van der Waals surface area contributed by atoms with Gasteiger partial charge in [0, 0.05) is 12.6 Å². The van der Waals surface area contributed by atoms with Gasteiger partial charge in [0.25, 0.3) is 0 Å². The van der Waals surface area contributed by atoms with Gasteiger partial charge in [-0.2, -0.15) is 0 Å². The summed E-state index contributed by atoms with van der Waals surface area (Å²) in [6.07, 6.45) is 2.42. The van der Waals surface area contributed by atoms with E-state index >= 15 is 0 Å². The van der Waals surface area contributed by atoms with Gasteiger partial charge in [-0.1, -0.05) is 0 Å². The summed E-state index contributed by atoms with van der Waals surface area (Å²) in [5.74, 6) is 0. The second-order valence-electron chi connectivity index (χ2n) is 2.13. The molecule has 0 aromatic heterocycles. The van der Waals surface area contributed by atoms with Crippen molar-refractivity contribution in [2.24, 2.45) is 0 Å². The van der Waals surface area contributed by atoms with Gasteiger partial charge in [-0.15, -0.1) is 0 Å². The fraction of sp³-hybridized carbons (Fsp3) is 0.800. The molecule has 2 heterocycles. The van der Waals surface area contributed by atoms with Crippen LogP contribution in [0.4, 0.5) is 0 Å². The molecule has 2 fully saturated rings. The van der Waals surface area contributed by atoms with Gasteiger partial charge in [-0.3, -0.25) is 0 Å². The van der Waals surface area contributed by atoms with E-state index < -0.39 is 0 Å². The van der Waals surface area contributed by atoms with Crippen molar-refractivity contribution in [1.29, 1.82) is 0 Å². The van der Waals surface area contributed by atoms with Crippen molar-refractivity contribution in [3.05, 3.63) is 6.10 Å². The van der Waals surface area contributed by atoms with Crippen LogP contribution in [-0.4, -0.2) is 19.2 Å². The third-order valence-electron chi connectivity index (χ3n) is 1.55. The Kier molecular flexibility index (Phi) is 0.664. The third kappa shape index (κ3) is 0.469. The Morgan fingerprint density at radius 1 is 1.71 bits per heavy atom. The number of hydrogen-bond acceptors (Lipinski definition) is 2. The standard InChI is InChI=1S/C5H8NO/c1-4-3-7-5(1)2-6-4/h4,6H,1-3H2/t4-/m1/s1. The van der Waals surface area contributed by atoms with Crippen molar-refractivity contribution in [3.63, 3.8) is 0 Å². The molecule has 0 aromatic rings. The maximum Gasteiger partial charge on any atom is 0.112 e. The maximum absolute atomic E-state index is 5.21. The Balaban J connectivity index is 2.12. The van der Waals surface area contributed by atoms with Gasteiger partial charge in [0.1, 0.15) is 6.10 Å². The average Bonchev–Trinajstić information content (AvgIpc) is 2.22. The zero-order chi connectivity index (χ0) is 4.69. The van der Waals surface area contributed by atoms with Crippen LogP contribution in [0.2, 0.25) is 0 Å². The molecule has 0 spiro atoms. The minimum absolute atomic E-state index is 0.662. The first-order valence-electron chi connectivity index (χ1n) is 2.66. The molecule has 0 unspecified atom stereocenters. The van der Waals surface area contributed by atoms with Gasteiger partial charge in [0.05, 0.1) is 6.61 Å². The van der Waals surface area contributed by atoms with E-state index in [9.17, 15) is 0 Å². The Labute approximate surface area is 42.9 Å². The predicted molar refractivity (Wildman–Crippen MR) is 25.6 cm³/mol. The van der Waals surface area contributed by atoms with Crippen molar-refractivity contribution in [1.82, 2.24) is 5.32 Å². The highest BCUT2D eigenvalue weighted by molar-refractivity contribution is 5.00. The van der Waals surface area contributed by atoms with Crippen LogP contribution in [0, 0.1) is 6.10 Å². The number of morpholine rings is 1. The second kappa shape index (κ2) is 1.20. The Bertz CT molecular complexity index is 66.1. The summed E-state index contributed by atoms with van der Waals surface area (Å²) in [7, 11) is 0. The third-order valence-corrected chi connectivity index (χ3v) is 1.55. The lowest BCUT2D eigenvalue weighted by atomic mass is 10.3. The van der Waals surface area contributed by atoms with Crippen molar-refractivity contribution in [3.8, 4) is 0 Å². The molecule has 0 amide bonds. The Morgan fingerprint density at radius 3 is 2.86 bits per heavy atom. The molecule has 2 heteroatoms. The van der Waals surface area contributed by atoms with E-state index in [2.05, 4.69) is 5.32 Å². The normalized spacial score (nSPS) is 40.3. The molecule has 39 valence electrons. The summed E-state index contributed by atoms with van der Waals surface area (Å²) in [5.41, 5.74) is 0.